The van der Waals surface area contributed by atoms with Crippen molar-refractivity contribution >= 4 is 49.4 Å². The number of amides is 2. The van der Waals surface area contributed by atoms with Gasteiger partial charge in [-0.25, -0.2) is 23.1 Å². The Morgan fingerprint density at radius 2 is 1.76 bits per heavy atom. The van der Waals surface area contributed by atoms with Crippen LogP contribution in [0.25, 0.3) is 10.1 Å². The fraction of sp³-hybridized carbons (Fsp3) is 0.250. The second-order valence-electron chi connectivity index (χ2n) is 9.99. The number of fused-ring (bicyclic) bond motifs is 1. The summed E-state index contributed by atoms with van der Waals surface area (Å²) in [5.74, 6) is -2.41. The van der Waals surface area contributed by atoms with Crippen LogP contribution in [0, 0.1) is 0 Å². The third-order valence-electron chi connectivity index (χ3n) is 5.60. The lowest BCUT2D eigenvalue weighted by molar-refractivity contribution is -0.137. The van der Waals surface area contributed by atoms with Crippen LogP contribution in [0.3, 0.4) is 0 Å². The molecule has 11 nitrogen and oxygen atoms in total. The van der Waals surface area contributed by atoms with Gasteiger partial charge < -0.3 is 9.84 Å². The minimum Gasteiger partial charge on any atom is -0.480 e. The maximum absolute atomic E-state index is 13.7. The number of hydrogen-bond acceptors (Lipinski definition) is 9. The van der Waals surface area contributed by atoms with E-state index < -0.39 is 40.1 Å². The van der Waals surface area contributed by atoms with Crippen molar-refractivity contribution in [2.45, 2.75) is 44.4 Å². The van der Waals surface area contributed by atoms with Gasteiger partial charge in [0.1, 0.15) is 22.7 Å². The number of aliphatic carboxylic acids is 1. The molecule has 0 saturated carbocycles. The Morgan fingerprint density at radius 3 is 2.41 bits per heavy atom. The summed E-state index contributed by atoms with van der Waals surface area (Å²) >= 11 is 1.46. The zero-order valence-corrected chi connectivity index (χ0v) is 24.2. The van der Waals surface area contributed by atoms with E-state index in [2.05, 4.69) is 9.97 Å². The molecule has 13 heteroatoms. The van der Waals surface area contributed by atoms with Crippen LogP contribution in [-0.2, 0) is 32.6 Å². The Morgan fingerprint density at radius 1 is 1.00 bits per heavy atom. The van der Waals surface area contributed by atoms with Crippen molar-refractivity contribution in [1.82, 2.24) is 19.2 Å². The number of ether oxygens (including phenoxy) is 1. The lowest BCUT2D eigenvalue weighted by atomic mass is 10.2. The first kappa shape index (κ1) is 29.8. The quantitative estimate of drug-likeness (QED) is 0.294. The Bertz CT molecular complexity index is 1650. The summed E-state index contributed by atoms with van der Waals surface area (Å²) < 4.78 is 34.8. The monoisotopic (exact) mass is 596 g/mol. The second kappa shape index (κ2) is 12.1. The smallest absolute Gasteiger partial charge is 0.417 e. The van der Waals surface area contributed by atoms with E-state index in [4.69, 9.17) is 4.74 Å². The Kier molecular flexibility index (Phi) is 8.80. The van der Waals surface area contributed by atoms with Gasteiger partial charge in [-0.1, -0.05) is 24.3 Å². The Labute approximate surface area is 241 Å². The third kappa shape index (κ3) is 7.51. The van der Waals surface area contributed by atoms with Crippen LogP contribution in [0.15, 0.2) is 78.0 Å². The second-order valence-corrected chi connectivity index (χ2v) is 13.1. The number of carboxylic acids is 1. The molecule has 0 fully saturated rings. The van der Waals surface area contributed by atoms with Crippen molar-refractivity contribution in [3.8, 4) is 0 Å². The van der Waals surface area contributed by atoms with Crippen LogP contribution < -0.4 is 0 Å². The summed E-state index contributed by atoms with van der Waals surface area (Å²) in [7, 11) is -4.04. The van der Waals surface area contributed by atoms with Gasteiger partial charge in [-0.15, -0.1) is 11.3 Å². The van der Waals surface area contributed by atoms with Crippen LogP contribution in [0.2, 0.25) is 0 Å². The lowest BCUT2D eigenvalue weighted by Gasteiger charge is -2.25. The van der Waals surface area contributed by atoms with Crippen LogP contribution >= 0.6 is 11.3 Å². The largest absolute Gasteiger partial charge is 0.480 e. The van der Waals surface area contributed by atoms with E-state index in [0.717, 1.165) is 15.0 Å². The van der Waals surface area contributed by atoms with Crippen LogP contribution in [-0.4, -0.2) is 62.8 Å². The normalized spacial score (nSPS) is 11.9. The lowest BCUT2D eigenvalue weighted by Crippen LogP contribution is -2.44. The predicted molar refractivity (Wildman–Crippen MR) is 152 cm³/mol. The minimum absolute atomic E-state index is 0.00842. The zero-order chi connectivity index (χ0) is 29.8. The first-order valence-electron chi connectivity index (χ1n) is 12.4. The molecule has 0 saturated heterocycles. The van der Waals surface area contributed by atoms with E-state index in [0.29, 0.717) is 4.90 Å². The molecule has 214 valence electrons. The van der Waals surface area contributed by atoms with E-state index in [1.165, 1.54) is 52.3 Å². The van der Waals surface area contributed by atoms with Crippen LogP contribution in [0.5, 0.6) is 0 Å². The molecule has 4 aromatic rings. The summed E-state index contributed by atoms with van der Waals surface area (Å²) in [6.07, 6.45) is 1.59. The molecule has 0 aliphatic rings. The van der Waals surface area contributed by atoms with Gasteiger partial charge in [-0.2, -0.15) is 4.31 Å². The Balaban J connectivity index is 1.67. The average molecular weight is 597 g/mol. The first-order chi connectivity index (χ1) is 19.3. The third-order valence-corrected chi connectivity index (χ3v) is 8.47. The molecule has 2 amide bonds. The molecule has 4 rings (SSSR count). The number of carbonyl (C=O) groups excluding carboxylic acids is 2. The van der Waals surface area contributed by atoms with Gasteiger partial charge >= 0.3 is 12.1 Å². The zero-order valence-electron chi connectivity index (χ0n) is 22.6. The molecule has 0 bridgehead atoms. The highest BCUT2D eigenvalue weighted by Gasteiger charge is 2.31. The molecule has 0 aliphatic carbocycles. The van der Waals surface area contributed by atoms with E-state index in [-0.39, 0.29) is 29.4 Å². The van der Waals surface area contributed by atoms with Gasteiger partial charge in [0.2, 0.25) is 10.0 Å². The van der Waals surface area contributed by atoms with Gasteiger partial charge in [0, 0.05) is 28.5 Å². The number of benzene rings is 1. The van der Waals surface area contributed by atoms with Crippen molar-refractivity contribution in [3.63, 3.8) is 0 Å². The van der Waals surface area contributed by atoms with Gasteiger partial charge in [-0.3, -0.25) is 14.6 Å². The highest BCUT2D eigenvalue weighted by atomic mass is 32.2. The van der Waals surface area contributed by atoms with Crippen LogP contribution in [0.4, 0.5) is 4.79 Å². The van der Waals surface area contributed by atoms with Crippen molar-refractivity contribution in [2.24, 2.45) is 0 Å². The molecule has 3 heterocycles. The standard InChI is InChI=1S/C28H28N4O7S2/c1-28(2,3)39-27(36)32(18-25(33)34)26(35)23-11-6-9-20(30-23)16-31(41(37,38)22-10-7-13-29-15-22)17-21-14-19-8-4-5-12-24(19)40-21/h4-15H,16-18H2,1-3H3,(H,33,34). The summed E-state index contributed by atoms with van der Waals surface area (Å²) in [6, 6.07) is 16.9. The highest BCUT2D eigenvalue weighted by molar-refractivity contribution is 7.89. The number of imide groups is 1. The molecule has 0 spiro atoms. The topological polar surface area (TPSA) is 147 Å². The number of rotatable bonds is 9. The van der Waals surface area contributed by atoms with Crippen molar-refractivity contribution < 1.29 is 32.6 Å². The fourth-order valence-corrected chi connectivity index (χ4v) is 6.36. The SMILES string of the molecule is CC(C)(C)OC(=O)N(CC(=O)O)C(=O)c1cccc(CN(Cc2cc3ccccc3s2)S(=O)(=O)c2cccnc2)n1. The highest BCUT2D eigenvalue weighted by Crippen LogP contribution is 2.29. The summed E-state index contributed by atoms with van der Waals surface area (Å²) in [5, 5.41) is 10.3. The van der Waals surface area contributed by atoms with Crippen molar-refractivity contribution in [3.05, 3.63) is 89.3 Å². The van der Waals surface area contributed by atoms with E-state index in [1.54, 1.807) is 26.8 Å². The summed E-state index contributed by atoms with van der Waals surface area (Å²) in [5.41, 5.74) is -1.00. The average Bonchev–Trinajstić information content (AvgIpc) is 3.33. The van der Waals surface area contributed by atoms with E-state index in [9.17, 15) is 27.9 Å². The first-order valence-corrected chi connectivity index (χ1v) is 14.7. The number of carboxylic acid groups (broad SMARTS) is 1. The molecular weight excluding hydrogens is 568 g/mol. The number of carbonyl (C=O) groups is 3. The molecule has 0 unspecified atom stereocenters. The van der Waals surface area contributed by atoms with Gasteiger partial charge in [0.25, 0.3) is 5.91 Å². The maximum atomic E-state index is 13.7. The number of aromatic nitrogens is 2. The van der Waals surface area contributed by atoms with Gasteiger partial charge in [-0.05, 0) is 62.6 Å². The number of hydrogen-bond donors (Lipinski definition) is 1. The minimum atomic E-state index is -4.04. The molecular formula is C28H28N4O7S2. The number of thiophene rings is 1. The van der Waals surface area contributed by atoms with Gasteiger partial charge in [0.15, 0.2) is 0 Å². The van der Waals surface area contributed by atoms with Crippen LogP contribution in [0.1, 0.15) is 41.8 Å². The number of sulfonamides is 1. The van der Waals surface area contributed by atoms with Crippen molar-refractivity contribution in [2.75, 3.05) is 6.54 Å². The molecule has 41 heavy (non-hydrogen) atoms. The number of pyridine rings is 2. The van der Waals surface area contributed by atoms with Gasteiger partial charge in [0.05, 0.1) is 12.2 Å². The Hall–Kier alpha value is -4.20. The summed E-state index contributed by atoms with van der Waals surface area (Å²) in [6.45, 7) is 3.63. The van der Waals surface area contributed by atoms with E-state index >= 15 is 0 Å². The molecule has 3 aromatic heterocycles. The maximum Gasteiger partial charge on any atom is 0.417 e. The molecule has 0 aliphatic heterocycles. The molecule has 1 aromatic carbocycles. The molecule has 0 atom stereocenters. The van der Waals surface area contributed by atoms with E-state index in [1.807, 2.05) is 30.3 Å². The summed E-state index contributed by atoms with van der Waals surface area (Å²) in [4.78, 5) is 46.7. The van der Waals surface area contributed by atoms with Crippen molar-refractivity contribution in [1.29, 1.82) is 0 Å². The number of nitrogens with zero attached hydrogens (tertiary/aromatic N) is 4. The molecule has 0 radical (unpaired) electrons. The predicted octanol–water partition coefficient (Wildman–Crippen LogP) is 4.54. The fourth-order valence-electron chi connectivity index (χ4n) is 3.84. The molecule has 1 N–H and O–H groups in total.